The molecule has 1 amide bonds. The highest BCUT2D eigenvalue weighted by Crippen LogP contribution is 2.38. The molecule has 1 aliphatic rings. The van der Waals surface area contributed by atoms with Crippen LogP contribution < -0.4 is 19.3 Å². The number of nitrogens with one attached hydrogen (secondary N) is 1. The van der Waals surface area contributed by atoms with Gasteiger partial charge in [-0.1, -0.05) is 41.6 Å². The minimum Gasteiger partial charge on any atom is -0.550 e. The van der Waals surface area contributed by atoms with E-state index in [0.717, 1.165) is 11.8 Å². The van der Waals surface area contributed by atoms with Crippen molar-refractivity contribution in [3.8, 4) is 11.5 Å². The van der Waals surface area contributed by atoms with Gasteiger partial charge in [0.25, 0.3) is 0 Å². The highest BCUT2D eigenvalue weighted by atomic mass is 35.5. The number of carbonyl (C=O) groups excluding carboxylic acids is 2. The zero-order valence-corrected chi connectivity index (χ0v) is 18.7. The molecule has 13 heteroatoms. The molecule has 2 aromatic rings. The van der Waals surface area contributed by atoms with Crippen LogP contribution in [-0.2, 0) is 19.7 Å². The lowest BCUT2D eigenvalue weighted by Gasteiger charge is -2.13. The largest absolute Gasteiger partial charge is 0.550 e. The summed E-state index contributed by atoms with van der Waals surface area (Å²) in [7, 11) is -2.82. The number of amides is 1. The van der Waals surface area contributed by atoms with Gasteiger partial charge in [0, 0.05) is 18.0 Å². The van der Waals surface area contributed by atoms with E-state index in [1.165, 1.54) is 37.6 Å². The highest BCUT2D eigenvalue weighted by molar-refractivity contribution is 8.15. The molecule has 2 aromatic carbocycles. The third-order valence-electron chi connectivity index (χ3n) is 3.96. The van der Waals surface area contributed by atoms with Crippen LogP contribution >= 0.6 is 23.4 Å². The van der Waals surface area contributed by atoms with Crippen molar-refractivity contribution in [2.24, 2.45) is 10.2 Å². The Balaban J connectivity index is 1.78. The summed E-state index contributed by atoms with van der Waals surface area (Å²) >= 11 is 7.13. The Bertz CT molecular complexity index is 1200. The van der Waals surface area contributed by atoms with E-state index in [2.05, 4.69) is 15.5 Å². The monoisotopic (exact) mass is 496 g/mol. The summed E-state index contributed by atoms with van der Waals surface area (Å²) in [6, 6.07) is 10.4. The molecule has 0 radical (unpaired) electrons. The van der Waals surface area contributed by atoms with Crippen molar-refractivity contribution in [2.45, 2.75) is 16.6 Å². The maximum Gasteiger partial charge on any atom is 0.339 e. The zero-order chi connectivity index (χ0) is 23.3. The molecule has 10 nitrogen and oxygen atoms in total. The Morgan fingerprint density at radius 2 is 2.03 bits per heavy atom. The normalized spacial score (nSPS) is 17.5. The Hall–Kier alpha value is -3.09. The third-order valence-corrected chi connectivity index (χ3v) is 6.55. The Labute approximate surface area is 192 Å². The number of rotatable bonds is 8. The van der Waals surface area contributed by atoms with Gasteiger partial charge in [0.15, 0.2) is 10.9 Å². The van der Waals surface area contributed by atoms with E-state index in [9.17, 15) is 23.1 Å². The maximum atomic E-state index is 12.5. The van der Waals surface area contributed by atoms with Crippen LogP contribution in [0.3, 0.4) is 0 Å². The summed E-state index contributed by atoms with van der Waals surface area (Å²) < 4.78 is 35.4. The van der Waals surface area contributed by atoms with Gasteiger partial charge in [-0.25, -0.2) is 0 Å². The zero-order valence-electron chi connectivity index (χ0n) is 16.3. The minimum atomic E-state index is -4.14. The minimum absolute atomic E-state index is 0.0451. The van der Waals surface area contributed by atoms with E-state index >= 15 is 0 Å². The Kier molecular flexibility index (Phi) is 7.38. The highest BCUT2D eigenvalue weighted by Gasteiger charge is 2.30. The smallest absolute Gasteiger partial charge is 0.339 e. The first kappa shape index (κ1) is 23.6. The predicted molar refractivity (Wildman–Crippen MR) is 116 cm³/mol. The fourth-order valence-electron chi connectivity index (χ4n) is 2.53. The SMILES string of the molecule is COc1cc(/C=N\N=C2\NC(=O)[C@H](CC(=O)[O-])S2)cc(Cl)c1OS(=O)(=O)c1ccccc1. The standard InChI is InChI=1S/C19H16ClN3O7S2/c1-29-14-8-11(10-21-23-19-22-18(26)15(31-19)9-16(24)25)7-13(20)17(14)30-32(27,28)12-5-3-2-4-6-12/h2-8,10,15H,9H2,1H3,(H,24,25)(H,22,23,26)/p-1/b21-10-/t15-/m0/s1. The van der Waals surface area contributed by atoms with Crippen LogP contribution in [0.2, 0.25) is 5.02 Å². The quantitative estimate of drug-likeness (QED) is 0.325. The predicted octanol–water partition coefficient (Wildman–Crippen LogP) is 1.18. The molecule has 1 aliphatic heterocycles. The summed E-state index contributed by atoms with van der Waals surface area (Å²) in [6.07, 6.45) is 0.842. The molecule has 32 heavy (non-hydrogen) atoms. The number of nitrogens with zero attached hydrogens (tertiary/aromatic N) is 2. The molecule has 1 heterocycles. The number of thioether (sulfide) groups is 1. The van der Waals surface area contributed by atoms with E-state index in [-0.39, 0.29) is 26.6 Å². The van der Waals surface area contributed by atoms with Gasteiger partial charge in [-0.05, 0) is 24.3 Å². The van der Waals surface area contributed by atoms with Crippen LogP contribution in [-0.4, -0.2) is 44.0 Å². The number of carboxylic acid groups (broad SMARTS) is 1. The molecule has 3 rings (SSSR count). The molecule has 0 unspecified atom stereocenters. The molecule has 1 saturated heterocycles. The van der Waals surface area contributed by atoms with Crippen LogP contribution in [0.4, 0.5) is 0 Å². The van der Waals surface area contributed by atoms with E-state index in [1.54, 1.807) is 18.2 Å². The van der Waals surface area contributed by atoms with Crippen molar-refractivity contribution < 1.29 is 32.0 Å². The van der Waals surface area contributed by atoms with Crippen LogP contribution in [0.15, 0.2) is 57.6 Å². The number of ether oxygens (including phenoxy) is 1. The van der Waals surface area contributed by atoms with Crippen molar-refractivity contribution in [3.63, 3.8) is 0 Å². The number of hydrogen-bond donors (Lipinski definition) is 1. The summed E-state index contributed by atoms with van der Waals surface area (Å²) in [5.41, 5.74) is 0.404. The number of carbonyl (C=O) groups is 2. The second-order valence-electron chi connectivity index (χ2n) is 6.21. The Morgan fingerprint density at radius 1 is 1.31 bits per heavy atom. The molecule has 0 spiro atoms. The lowest BCUT2D eigenvalue weighted by molar-refractivity contribution is -0.305. The van der Waals surface area contributed by atoms with Crippen molar-refractivity contribution in [3.05, 3.63) is 53.1 Å². The summed E-state index contributed by atoms with van der Waals surface area (Å²) in [5.74, 6) is -1.99. The van der Waals surface area contributed by atoms with Crippen LogP contribution in [0.1, 0.15) is 12.0 Å². The van der Waals surface area contributed by atoms with E-state index < -0.39 is 33.7 Å². The van der Waals surface area contributed by atoms with Gasteiger partial charge in [0.05, 0.1) is 23.6 Å². The lowest BCUT2D eigenvalue weighted by atomic mass is 10.2. The van der Waals surface area contributed by atoms with Crippen molar-refractivity contribution in [1.82, 2.24) is 5.32 Å². The molecule has 0 aromatic heterocycles. The molecule has 0 saturated carbocycles. The molecule has 1 N–H and O–H groups in total. The molecule has 0 bridgehead atoms. The second kappa shape index (κ2) is 10.0. The number of aliphatic carboxylic acids is 1. The first-order valence-corrected chi connectivity index (χ1v) is 11.5. The van der Waals surface area contributed by atoms with Crippen LogP contribution in [0, 0.1) is 0 Å². The fourth-order valence-corrected chi connectivity index (χ4v) is 4.72. The molecular formula is C19H15ClN3O7S2-. The van der Waals surface area contributed by atoms with Crippen molar-refractivity contribution in [2.75, 3.05) is 7.11 Å². The van der Waals surface area contributed by atoms with Gasteiger partial charge in [-0.15, -0.1) is 5.10 Å². The summed E-state index contributed by atoms with van der Waals surface area (Å²) in [5, 5.41) is 20.0. The molecule has 1 fully saturated rings. The average Bonchev–Trinajstić information content (AvgIpc) is 3.08. The molecule has 0 aliphatic carbocycles. The third kappa shape index (κ3) is 5.78. The second-order valence-corrected chi connectivity index (χ2v) is 9.35. The Morgan fingerprint density at radius 3 is 2.69 bits per heavy atom. The number of carboxylic acids is 1. The summed E-state index contributed by atoms with van der Waals surface area (Å²) in [6.45, 7) is 0. The van der Waals surface area contributed by atoms with Crippen molar-refractivity contribution in [1.29, 1.82) is 0 Å². The fraction of sp³-hybridized carbons (Fsp3) is 0.158. The number of hydrogen-bond acceptors (Lipinski definition) is 10. The van der Waals surface area contributed by atoms with Gasteiger partial charge in [0.2, 0.25) is 11.7 Å². The number of amidine groups is 1. The number of methoxy groups -OCH3 is 1. The van der Waals surface area contributed by atoms with Gasteiger partial charge < -0.3 is 24.1 Å². The number of benzene rings is 2. The van der Waals surface area contributed by atoms with Gasteiger partial charge in [0.1, 0.15) is 4.90 Å². The summed E-state index contributed by atoms with van der Waals surface area (Å²) in [4.78, 5) is 22.3. The van der Waals surface area contributed by atoms with Crippen molar-refractivity contribution >= 4 is 56.7 Å². The maximum absolute atomic E-state index is 12.5. The molecule has 1 atom stereocenters. The van der Waals surface area contributed by atoms with Gasteiger partial charge >= 0.3 is 10.1 Å². The van der Waals surface area contributed by atoms with E-state index in [0.29, 0.717) is 5.56 Å². The van der Waals surface area contributed by atoms with Crippen LogP contribution in [0.25, 0.3) is 0 Å². The number of halogens is 1. The average molecular weight is 497 g/mol. The van der Waals surface area contributed by atoms with E-state index in [1.807, 2.05) is 0 Å². The lowest BCUT2D eigenvalue weighted by Crippen LogP contribution is -2.31. The van der Waals surface area contributed by atoms with Gasteiger partial charge in [-0.2, -0.15) is 13.5 Å². The molecular weight excluding hydrogens is 482 g/mol. The van der Waals surface area contributed by atoms with Crippen LogP contribution in [0.5, 0.6) is 11.5 Å². The molecule has 168 valence electrons. The topological polar surface area (TPSA) is 147 Å². The van der Waals surface area contributed by atoms with Gasteiger partial charge in [-0.3, -0.25) is 4.79 Å². The van der Waals surface area contributed by atoms with E-state index in [4.69, 9.17) is 20.5 Å². The first-order valence-electron chi connectivity index (χ1n) is 8.85. The first-order chi connectivity index (χ1) is 15.2.